The van der Waals surface area contributed by atoms with Crippen LogP contribution in [0.25, 0.3) is 0 Å². The van der Waals surface area contributed by atoms with Gasteiger partial charge in [0, 0.05) is 19.3 Å². The van der Waals surface area contributed by atoms with Gasteiger partial charge in [0.25, 0.3) is 0 Å². The van der Waals surface area contributed by atoms with Gasteiger partial charge in [0.05, 0.1) is 0 Å². The fourth-order valence-electron chi connectivity index (χ4n) is 6.14. The molecule has 0 radical (unpaired) electrons. The van der Waals surface area contributed by atoms with Gasteiger partial charge in [-0.25, -0.2) is 0 Å². The van der Waals surface area contributed by atoms with Gasteiger partial charge in [-0.15, -0.1) is 6.58 Å². The summed E-state index contributed by atoms with van der Waals surface area (Å²) in [6, 6.07) is 0. The lowest BCUT2D eigenvalue weighted by Gasteiger charge is -2.18. The van der Waals surface area contributed by atoms with E-state index in [0.29, 0.717) is 19.3 Å². The van der Waals surface area contributed by atoms with Crippen LogP contribution in [0, 0.1) is 0 Å². The minimum absolute atomic E-state index is 0.0865. The smallest absolute Gasteiger partial charge is 0.306 e. The molecular weight excluding hydrogens is 661 g/mol. The summed E-state index contributed by atoms with van der Waals surface area (Å²) in [5.74, 6) is -0.926. The van der Waals surface area contributed by atoms with Gasteiger partial charge in [0.2, 0.25) is 0 Å². The van der Waals surface area contributed by atoms with Crippen LogP contribution in [0.1, 0.15) is 213 Å². The molecule has 0 bridgehead atoms. The van der Waals surface area contributed by atoms with Gasteiger partial charge in [-0.05, 0) is 64.2 Å². The molecule has 0 saturated heterocycles. The van der Waals surface area contributed by atoms with E-state index in [-0.39, 0.29) is 31.1 Å². The molecule has 53 heavy (non-hydrogen) atoms. The van der Waals surface area contributed by atoms with Crippen molar-refractivity contribution in [3.8, 4) is 0 Å². The summed E-state index contributed by atoms with van der Waals surface area (Å²) in [6.45, 7) is 7.99. The Labute approximate surface area is 327 Å². The molecule has 0 fully saturated rings. The van der Waals surface area contributed by atoms with E-state index < -0.39 is 6.10 Å². The van der Waals surface area contributed by atoms with Crippen molar-refractivity contribution in [2.45, 2.75) is 219 Å². The highest BCUT2D eigenvalue weighted by Crippen LogP contribution is 2.14. The predicted molar refractivity (Wildman–Crippen MR) is 224 cm³/mol. The maximum Gasteiger partial charge on any atom is 0.306 e. The Kier molecular flexibility index (Phi) is 40.0. The summed E-state index contributed by atoms with van der Waals surface area (Å²) >= 11 is 0. The van der Waals surface area contributed by atoms with Crippen LogP contribution < -0.4 is 0 Å². The highest BCUT2D eigenvalue weighted by Gasteiger charge is 2.19. The van der Waals surface area contributed by atoms with E-state index in [9.17, 15) is 14.4 Å². The first-order valence-corrected chi connectivity index (χ1v) is 22.1. The molecule has 1 atom stereocenters. The quantitative estimate of drug-likeness (QED) is 0.0269. The van der Waals surface area contributed by atoms with E-state index in [4.69, 9.17) is 14.2 Å². The van der Waals surface area contributed by atoms with Gasteiger partial charge in [-0.3, -0.25) is 14.4 Å². The molecule has 0 aliphatic carbocycles. The van der Waals surface area contributed by atoms with Crippen LogP contribution in [0.3, 0.4) is 0 Å². The van der Waals surface area contributed by atoms with Gasteiger partial charge in [0.1, 0.15) is 13.2 Å². The van der Waals surface area contributed by atoms with Crippen molar-refractivity contribution < 1.29 is 28.6 Å². The summed E-state index contributed by atoms with van der Waals surface area (Å²) in [5, 5.41) is 0. The molecule has 0 aromatic rings. The zero-order valence-electron chi connectivity index (χ0n) is 34.6. The molecule has 0 aromatic heterocycles. The molecule has 0 spiro atoms. The average Bonchev–Trinajstić information content (AvgIpc) is 3.15. The monoisotopic (exact) mass is 743 g/mol. The Morgan fingerprint density at radius 2 is 0.830 bits per heavy atom. The van der Waals surface area contributed by atoms with Crippen LogP contribution in [0.2, 0.25) is 0 Å². The molecule has 0 amide bonds. The minimum Gasteiger partial charge on any atom is -0.462 e. The lowest BCUT2D eigenvalue weighted by molar-refractivity contribution is -0.167. The molecule has 6 heteroatoms. The minimum atomic E-state index is -0.780. The predicted octanol–water partition coefficient (Wildman–Crippen LogP) is 14.0. The van der Waals surface area contributed by atoms with Crippen LogP contribution in [0.5, 0.6) is 0 Å². The molecule has 0 aliphatic heterocycles. The van der Waals surface area contributed by atoms with E-state index in [0.717, 1.165) is 116 Å². The van der Waals surface area contributed by atoms with Crippen LogP contribution >= 0.6 is 0 Å². The number of unbranched alkanes of at least 4 members (excludes halogenated alkanes) is 22. The summed E-state index contributed by atoms with van der Waals surface area (Å²) < 4.78 is 16.6. The van der Waals surface area contributed by atoms with E-state index in [1.807, 2.05) is 6.08 Å². The summed E-state index contributed by atoms with van der Waals surface area (Å²) in [5.41, 5.74) is 0. The summed E-state index contributed by atoms with van der Waals surface area (Å²) in [6.07, 6.45) is 47.1. The van der Waals surface area contributed by atoms with Crippen molar-refractivity contribution in [3.63, 3.8) is 0 Å². The van der Waals surface area contributed by atoms with E-state index in [1.165, 1.54) is 64.2 Å². The Morgan fingerprint density at radius 3 is 1.28 bits per heavy atom. The van der Waals surface area contributed by atoms with Gasteiger partial charge < -0.3 is 14.2 Å². The number of esters is 3. The molecule has 0 N–H and O–H groups in total. The van der Waals surface area contributed by atoms with Crippen LogP contribution in [0.15, 0.2) is 49.1 Å². The standard InChI is InChI=1S/C47H82O6/c1-4-7-10-13-16-18-20-22-23-25-26-28-31-34-37-40-46(49)52-43-44(42-51-45(48)39-36-33-30-15-12-9-6-3)53-47(50)41-38-35-32-29-27-24-21-19-17-14-11-8-5-2/h6-7,10,16,18,22-23,44H,3-5,8-9,11-15,17,19-21,24-43H2,1-2H3. The van der Waals surface area contributed by atoms with Gasteiger partial charge in [-0.1, -0.05) is 172 Å². The zero-order chi connectivity index (χ0) is 38.7. The lowest BCUT2D eigenvalue weighted by Crippen LogP contribution is -2.30. The summed E-state index contributed by atoms with van der Waals surface area (Å²) in [7, 11) is 0. The third kappa shape index (κ3) is 40.4. The van der Waals surface area contributed by atoms with Crippen LogP contribution in [-0.4, -0.2) is 37.2 Å². The van der Waals surface area contributed by atoms with E-state index >= 15 is 0 Å². The Bertz CT molecular complexity index is 935. The largest absolute Gasteiger partial charge is 0.462 e. The van der Waals surface area contributed by atoms with E-state index in [2.05, 4.69) is 56.9 Å². The SMILES string of the molecule is C=CCCCCCCCC(=O)OCC(COC(=O)CCCCCCCC=CCC=CCC=CCC)OC(=O)CCCCCCCCCCCCCCC. The zero-order valence-corrected chi connectivity index (χ0v) is 34.6. The lowest BCUT2D eigenvalue weighted by atomic mass is 10.0. The van der Waals surface area contributed by atoms with Crippen LogP contribution in [-0.2, 0) is 28.6 Å². The second-order valence-corrected chi connectivity index (χ2v) is 14.7. The first kappa shape index (κ1) is 50.4. The molecule has 1 unspecified atom stereocenters. The highest BCUT2D eigenvalue weighted by molar-refractivity contribution is 5.71. The number of rotatable bonds is 40. The van der Waals surface area contributed by atoms with Crippen LogP contribution in [0.4, 0.5) is 0 Å². The second kappa shape index (κ2) is 42.1. The van der Waals surface area contributed by atoms with Crippen molar-refractivity contribution in [1.82, 2.24) is 0 Å². The average molecular weight is 743 g/mol. The normalized spacial score (nSPS) is 12.2. The Morgan fingerprint density at radius 1 is 0.453 bits per heavy atom. The third-order valence-corrected chi connectivity index (χ3v) is 9.46. The molecule has 0 rings (SSSR count). The van der Waals surface area contributed by atoms with Crippen molar-refractivity contribution in [1.29, 1.82) is 0 Å². The molecule has 306 valence electrons. The van der Waals surface area contributed by atoms with Crippen molar-refractivity contribution >= 4 is 17.9 Å². The second-order valence-electron chi connectivity index (χ2n) is 14.7. The van der Waals surface area contributed by atoms with Crippen molar-refractivity contribution in [2.24, 2.45) is 0 Å². The van der Waals surface area contributed by atoms with Gasteiger partial charge in [0.15, 0.2) is 6.10 Å². The number of hydrogen-bond acceptors (Lipinski definition) is 6. The Hall–Kier alpha value is -2.63. The molecule has 0 saturated carbocycles. The molecule has 0 heterocycles. The molecule has 6 nitrogen and oxygen atoms in total. The maximum atomic E-state index is 12.7. The number of ether oxygens (including phenoxy) is 3. The fourth-order valence-corrected chi connectivity index (χ4v) is 6.14. The summed E-state index contributed by atoms with van der Waals surface area (Å²) in [4.78, 5) is 37.6. The number of carbonyl (C=O) groups is 3. The Balaban J connectivity index is 4.32. The molecule has 0 aromatic carbocycles. The van der Waals surface area contributed by atoms with E-state index in [1.54, 1.807) is 0 Å². The fraction of sp³-hybridized carbons (Fsp3) is 0.766. The van der Waals surface area contributed by atoms with Gasteiger partial charge in [-0.2, -0.15) is 0 Å². The number of allylic oxidation sites excluding steroid dienone is 7. The number of carbonyl (C=O) groups excluding carboxylic acids is 3. The van der Waals surface area contributed by atoms with Crippen molar-refractivity contribution in [3.05, 3.63) is 49.1 Å². The first-order valence-electron chi connectivity index (χ1n) is 22.1. The first-order chi connectivity index (χ1) is 26.0. The number of hydrogen-bond donors (Lipinski definition) is 0. The third-order valence-electron chi connectivity index (χ3n) is 9.46. The van der Waals surface area contributed by atoms with Crippen molar-refractivity contribution in [2.75, 3.05) is 13.2 Å². The maximum absolute atomic E-state index is 12.7. The van der Waals surface area contributed by atoms with Gasteiger partial charge >= 0.3 is 17.9 Å². The molecule has 0 aliphatic rings. The topological polar surface area (TPSA) is 78.9 Å². The molecular formula is C47H82O6. The highest BCUT2D eigenvalue weighted by atomic mass is 16.6.